The Morgan fingerprint density at radius 2 is 1.69 bits per heavy atom. The molecule has 0 spiro atoms. The van der Waals surface area contributed by atoms with E-state index in [-0.39, 0.29) is 0 Å². The van der Waals surface area contributed by atoms with Crippen LogP contribution in [0, 0.1) is 13.8 Å². The molecule has 72 valence electrons. The molecule has 1 aliphatic heterocycles. The fourth-order valence-corrected chi connectivity index (χ4v) is 2.20. The third-order valence-corrected chi connectivity index (χ3v) is 2.88. The number of aromatic nitrogens is 1. The van der Waals surface area contributed by atoms with E-state index in [0.29, 0.717) is 6.04 Å². The normalized spacial score (nSPS) is 19.2. The predicted octanol–water partition coefficient (Wildman–Crippen LogP) is 2.46. The Morgan fingerprint density at radius 1 is 1.15 bits per heavy atom. The van der Waals surface area contributed by atoms with Crippen molar-refractivity contribution in [2.45, 2.75) is 32.7 Å². The number of nitrogens with zero attached hydrogens (tertiary/aromatic N) is 1. The average molecular weight is 179 g/mol. The summed E-state index contributed by atoms with van der Waals surface area (Å²) in [5.41, 5.74) is 2.76. The number of aryl methyl sites for hydroxylation is 2. The maximum atomic E-state index is 5.36. The van der Waals surface area contributed by atoms with Crippen molar-refractivity contribution in [3.63, 3.8) is 0 Å². The van der Waals surface area contributed by atoms with Crippen LogP contribution in [0.15, 0.2) is 12.1 Å². The van der Waals surface area contributed by atoms with Gasteiger partial charge in [0, 0.05) is 30.6 Å². The minimum absolute atomic E-state index is 0.670. The van der Waals surface area contributed by atoms with Crippen molar-refractivity contribution < 1.29 is 4.74 Å². The van der Waals surface area contributed by atoms with Crippen LogP contribution in [0.2, 0.25) is 0 Å². The van der Waals surface area contributed by atoms with E-state index in [1.54, 1.807) is 0 Å². The van der Waals surface area contributed by atoms with Gasteiger partial charge in [-0.25, -0.2) is 0 Å². The molecule has 0 atom stereocenters. The number of hydrogen-bond acceptors (Lipinski definition) is 1. The summed E-state index contributed by atoms with van der Waals surface area (Å²) in [4.78, 5) is 0. The Labute approximate surface area is 79.5 Å². The van der Waals surface area contributed by atoms with E-state index >= 15 is 0 Å². The second-order valence-corrected chi connectivity index (χ2v) is 3.83. The molecule has 0 aliphatic carbocycles. The second-order valence-electron chi connectivity index (χ2n) is 3.83. The first-order valence-electron chi connectivity index (χ1n) is 5.01. The van der Waals surface area contributed by atoms with Gasteiger partial charge in [-0.05, 0) is 38.8 Å². The maximum Gasteiger partial charge on any atom is 0.0485 e. The lowest BCUT2D eigenvalue weighted by molar-refractivity contribution is 0.0687. The van der Waals surface area contributed by atoms with Crippen molar-refractivity contribution in [2.75, 3.05) is 13.2 Å². The summed E-state index contributed by atoms with van der Waals surface area (Å²) in [5, 5.41) is 0. The number of hydrogen-bond donors (Lipinski definition) is 0. The van der Waals surface area contributed by atoms with Gasteiger partial charge in [0.25, 0.3) is 0 Å². The summed E-state index contributed by atoms with van der Waals surface area (Å²) >= 11 is 0. The molecule has 0 radical (unpaired) electrons. The molecule has 0 bridgehead atoms. The molecule has 0 amide bonds. The van der Waals surface area contributed by atoms with Crippen molar-refractivity contribution in [3.8, 4) is 0 Å². The van der Waals surface area contributed by atoms with E-state index in [2.05, 4.69) is 30.5 Å². The summed E-state index contributed by atoms with van der Waals surface area (Å²) in [5.74, 6) is 0. The Bertz CT molecular complexity index is 265. The average Bonchev–Trinajstić information content (AvgIpc) is 2.48. The molecule has 2 rings (SSSR count). The SMILES string of the molecule is Cc1ccc(C)n1C1CCOCC1. The van der Waals surface area contributed by atoms with Crippen LogP contribution in [0.4, 0.5) is 0 Å². The molecule has 0 unspecified atom stereocenters. The lowest BCUT2D eigenvalue weighted by Gasteiger charge is -2.26. The maximum absolute atomic E-state index is 5.36. The molecule has 1 aliphatic rings. The van der Waals surface area contributed by atoms with E-state index in [9.17, 15) is 0 Å². The highest BCUT2D eigenvalue weighted by Crippen LogP contribution is 2.24. The number of ether oxygens (including phenoxy) is 1. The lowest BCUT2D eigenvalue weighted by Crippen LogP contribution is -2.21. The van der Waals surface area contributed by atoms with Crippen LogP contribution in [0.5, 0.6) is 0 Å². The molecular formula is C11H17NO. The third kappa shape index (κ3) is 1.63. The Hall–Kier alpha value is -0.760. The van der Waals surface area contributed by atoms with Gasteiger partial charge in [-0.3, -0.25) is 0 Å². The summed E-state index contributed by atoms with van der Waals surface area (Å²) in [7, 11) is 0. The fourth-order valence-electron chi connectivity index (χ4n) is 2.20. The topological polar surface area (TPSA) is 14.2 Å². The zero-order valence-corrected chi connectivity index (χ0v) is 8.42. The molecule has 1 aromatic heterocycles. The Kier molecular flexibility index (Phi) is 2.40. The first kappa shape index (κ1) is 8.82. The molecular weight excluding hydrogens is 162 g/mol. The van der Waals surface area contributed by atoms with Gasteiger partial charge in [0.2, 0.25) is 0 Å². The molecule has 1 saturated heterocycles. The predicted molar refractivity (Wildman–Crippen MR) is 53.0 cm³/mol. The van der Waals surface area contributed by atoms with Gasteiger partial charge in [0.15, 0.2) is 0 Å². The van der Waals surface area contributed by atoms with Crippen LogP contribution >= 0.6 is 0 Å². The lowest BCUT2D eigenvalue weighted by atomic mass is 10.1. The van der Waals surface area contributed by atoms with Crippen LogP contribution in [0.25, 0.3) is 0 Å². The van der Waals surface area contributed by atoms with Crippen molar-refractivity contribution >= 4 is 0 Å². The monoisotopic (exact) mass is 179 g/mol. The van der Waals surface area contributed by atoms with Crippen LogP contribution in [-0.2, 0) is 4.74 Å². The Morgan fingerprint density at radius 3 is 2.23 bits per heavy atom. The van der Waals surface area contributed by atoms with Gasteiger partial charge in [-0.2, -0.15) is 0 Å². The molecule has 2 heterocycles. The molecule has 1 fully saturated rings. The summed E-state index contributed by atoms with van der Waals surface area (Å²) in [6.45, 7) is 6.20. The molecule has 13 heavy (non-hydrogen) atoms. The minimum atomic E-state index is 0.670. The van der Waals surface area contributed by atoms with Gasteiger partial charge >= 0.3 is 0 Å². The highest BCUT2D eigenvalue weighted by molar-refractivity contribution is 5.15. The van der Waals surface area contributed by atoms with Gasteiger partial charge < -0.3 is 9.30 Å². The first-order valence-corrected chi connectivity index (χ1v) is 5.01. The van der Waals surface area contributed by atoms with E-state index in [4.69, 9.17) is 4.74 Å². The summed E-state index contributed by atoms with van der Waals surface area (Å²) in [6.07, 6.45) is 2.33. The second kappa shape index (κ2) is 3.54. The van der Waals surface area contributed by atoms with Crippen LogP contribution in [0.1, 0.15) is 30.3 Å². The van der Waals surface area contributed by atoms with E-state index in [1.165, 1.54) is 11.4 Å². The smallest absolute Gasteiger partial charge is 0.0485 e. The van der Waals surface area contributed by atoms with Gasteiger partial charge in [-0.1, -0.05) is 0 Å². The summed E-state index contributed by atoms with van der Waals surface area (Å²) in [6, 6.07) is 5.07. The summed E-state index contributed by atoms with van der Waals surface area (Å²) < 4.78 is 7.81. The Balaban J connectivity index is 2.22. The first-order chi connectivity index (χ1) is 6.29. The quantitative estimate of drug-likeness (QED) is 0.646. The zero-order valence-electron chi connectivity index (χ0n) is 8.42. The fraction of sp³-hybridized carbons (Fsp3) is 0.636. The van der Waals surface area contributed by atoms with Crippen molar-refractivity contribution in [1.82, 2.24) is 4.57 Å². The zero-order chi connectivity index (χ0) is 9.26. The van der Waals surface area contributed by atoms with Crippen molar-refractivity contribution in [1.29, 1.82) is 0 Å². The van der Waals surface area contributed by atoms with Crippen molar-refractivity contribution in [3.05, 3.63) is 23.5 Å². The highest BCUT2D eigenvalue weighted by Gasteiger charge is 2.17. The van der Waals surface area contributed by atoms with Gasteiger partial charge in [-0.15, -0.1) is 0 Å². The van der Waals surface area contributed by atoms with Crippen LogP contribution in [-0.4, -0.2) is 17.8 Å². The highest BCUT2D eigenvalue weighted by atomic mass is 16.5. The molecule has 0 saturated carbocycles. The van der Waals surface area contributed by atoms with Gasteiger partial charge in [0.1, 0.15) is 0 Å². The van der Waals surface area contributed by atoms with E-state index in [0.717, 1.165) is 26.1 Å². The largest absolute Gasteiger partial charge is 0.381 e. The molecule has 1 aromatic rings. The minimum Gasteiger partial charge on any atom is -0.381 e. The number of rotatable bonds is 1. The standard InChI is InChI=1S/C11H17NO/c1-9-3-4-10(2)12(9)11-5-7-13-8-6-11/h3-4,11H,5-8H2,1-2H3. The third-order valence-electron chi connectivity index (χ3n) is 2.88. The molecule has 2 nitrogen and oxygen atoms in total. The molecule has 2 heteroatoms. The van der Waals surface area contributed by atoms with Crippen LogP contribution < -0.4 is 0 Å². The van der Waals surface area contributed by atoms with E-state index in [1.807, 2.05) is 0 Å². The molecule has 0 aromatic carbocycles. The van der Waals surface area contributed by atoms with Crippen molar-refractivity contribution in [2.24, 2.45) is 0 Å². The van der Waals surface area contributed by atoms with Gasteiger partial charge in [0.05, 0.1) is 0 Å². The molecule has 0 N–H and O–H groups in total. The van der Waals surface area contributed by atoms with Crippen LogP contribution in [0.3, 0.4) is 0 Å². The van der Waals surface area contributed by atoms with E-state index < -0.39 is 0 Å².